The molecule has 4 heteroatoms. The number of nitrogens with zero attached hydrogens (tertiary/aromatic N) is 4. The first-order chi connectivity index (χ1) is 34.1. The van der Waals surface area contributed by atoms with Gasteiger partial charge in [0.1, 0.15) is 0 Å². The van der Waals surface area contributed by atoms with Gasteiger partial charge in [-0.3, -0.25) is 0 Å². The van der Waals surface area contributed by atoms with Crippen LogP contribution in [-0.2, 0) is 0 Å². The Kier molecular flexibility index (Phi) is 9.19. The first-order valence-corrected chi connectivity index (χ1v) is 25.3. The maximum atomic E-state index is 2.57. The molecular weight excluding hydrogens is 861 g/mol. The fourth-order valence-electron chi connectivity index (χ4n) is 12.4. The monoisotopic (exact) mass is 920 g/mol. The van der Waals surface area contributed by atoms with Gasteiger partial charge in [0, 0.05) is 77.2 Å². The standard InChI is InChI=1S/C67H60N4/c1-35-24-50(25-36(2)42(35)8)68(51-26-37(3)43(9)38(4)27-51)48-20-22-53-55-16-14-18-57-59-34-65-60(33-64(59)70(66(55)57)62(53)31-48)58-19-15-17-56-54-23-21-49(32-63(54)71(65)67(56)58)69(52-28-39(5)44(10)40(6)29-52)61-30-41(7)45(11)46(12)47(61)13/h14-34H,1-13H3. The highest BCUT2D eigenvalue weighted by molar-refractivity contribution is 6.29. The predicted octanol–water partition coefficient (Wildman–Crippen LogP) is 18.9. The van der Waals surface area contributed by atoms with Crippen LogP contribution in [0, 0.1) is 90.0 Å². The molecule has 0 aliphatic heterocycles. The lowest BCUT2D eigenvalue weighted by Gasteiger charge is -2.30. The molecule has 0 saturated heterocycles. The van der Waals surface area contributed by atoms with Crippen molar-refractivity contribution < 1.29 is 0 Å². The third-order valence-electron chi connectivity index (χ3n) is 17.4. The molecule has 71 heavy (non-hydrogen) atoms. The number of aryl methyl sites for hydroxylation is 7. The molecule has 348 valence electrons. The van der Waals surface area contributed by atoms with Crippen molar-refractivity contribution in [1.29, 1.82) is 0 Å². The van der Waals surface area contributed by atoms with Gasteiger partial charge in [-0.1, -0.05) is 48.5 Å². The minimum absolute atomic E-state index is 1.15. The Morgan fingerprint density at radius 1 is 0.254 bits per heavy atom. The molecule has 0 unspecified atom stereocenters. The molecule has 0 radical (unpaired) electrons. The number of aromatic nitrogens is 2. The number of hydrogen-bond donors (Lipinski definition) is 0. The number of benzene rings is 9. The molecule has 0 atom stereocenters. The molecule has 0 fully saturated rings. The smallest absolute Gasteiger partial charge is 0.0620 e. The van der Waals surface area contributed by atoms with E-state index < -0.39 is 0 Å². The van der Waals surface area contributed by atoms with Crippen molar-refractivity contribution in [2.75, 3.05) is 9.80 Å². The Morgan fingerprint density at radius 3 is 1.00 bits per heavy atom. The van der Waals surface area contributed by atoms with Crippen molar-refractivity contribution in [3.8, 4) is 0 Å². The van der Waals surface area contributed by atoms with Crippen LogP contribution in [0.4, 0.5) is 34.1 Å². The van der Waals surface area contributed by atoms with Gasteiger partial charge in [0.15, 0.2) is 0 Å². The van der Waals surface area contributed by atoms with Crippen molar-refractivity contribution in [3.05, 3.63) is 200 Å². The first kappa shape index (κ1) is 43.2. The molecule has 4 heterocycles. The minimum atomic E-state index is 1.15. The Hall–Kier alpha value is -7.82. The third kappa shape index (κ3) is 5.97. The second kappa shape index (κ2) is 15.1. The summed E-state index contributed by atoms with van der Waals surface area (Å²) in [4.78, 5) is 4.98. The van der Waals surface area contributed by atoms with E-state index in [1.165, 1.54) is 171 Å². The molecule has 4 aromatic heterocycles. The summed E-state index contributed by atoms with van der Waals surface area (Å²) in [6.07, 6.45) is 0. The van der Waals surface area contributed by atoms with Gasteiger partial charge in [0.05, 0.1) is 33.1 Å². The van der Waals surface area contributed by atoms with Crippen molar-refractivity contribution in [2.24, 2.45) is 0 Å². The van der Waals surface area contributed by atoms with Crippen LogP contribution in [0.15, 0.2) is 127 Å². The largest absolute Gasteiger partial charge is 0.310 e. The molecular formula is C67H60N4. The highest BCUT2D eigenvalue weighted by Crippen LogP contribution is 2.48. The van der Waals surface area contributed by atoms with Crippen molar-refractivity contribution in [3.63, 3.8) is 0 Å². The molecule has 9 aromatic carbocycles. The van der Waals surface area contributed by atoms with Crippen molar-refractivity contribution in [1.82, 2.24) is 8.80 Å². The highest BCUT2D eigenvalue weighted by atomic mass is 15.2. The van der Waals surface area contributed by atoms with Crippen LogP contribution in [0.1, 0.15) is 72.3 Å². The Bertz CT molecular complexity index is 4310. The fraction of sp³-hybridized carbons (Fsp3) is 0.194. The normalized spacial score (nSPS) is 12.3. The van der Waals surface area contributed by atoms with Gasteiger partial charge in [-0.2, -0.15) is 0 Å². The topological polar surface area (TPSA) is 15.3 Å². The summed E-state index contributed by atoms with van der Waals surface area (Å²) in [5.74, 6) is 0. The van der Waals surface area contributed by atoms with Gasteiger partial charge in [-0.05, 0) is 241 Å². The molecule has 0 saturated carbocycles. The zero-order chi connectivity index (χ0) is 49.2. The average Bonchev–Trinajstić information content (AvgIpc) is 4.08. The van der Waals surface area contributed by atoms with Gasteiger partial charge in [0.2, 0.25) is 0 Å². The molecule has 13 rings (SSSR count). The lowest BCUT2D eigenvalue weighted by Crippen LogP contribution is -2.14. The van der Waals surface area contributed by atoms with Crippen LogP contribution in [0.5, 0.6) is 0 Å². The second-order valence-electron chi connectivity index (χ2n) is 21.2. The lowest BCUT2D eigenvalue weighted by molar-refractivity contribution is 1.16. The van der Waals surface area contributed by atoms with E-state index in [0.717, 1.165) is 11.4 Å². The van der Waals surface area contributed by atoms with E-state index in [-0.39, 0.29) is 0 Å². The van der Waals surface area contributed by atoms with Crippen LogP contribution in [0.3, 0.4) is 0 Å². The van der Waals surface area contributed by atoms with Crippen LogP contribution >= 0.6 is 0 Å². The summed E-state index contributed by atoms with van der Waals surface area (Å²) in [6, 6.07) is 49.7. The van der Waals surface area contributed by atoms with E-state index in [1.54, 1.807) is 0 Å². The summed E-state index contributed by atoms with van der Waals surface area (Å²) in [7, 11) is 0. The molecule has 4 nitrogen and oxygen atoms in total. The molecule has 0 bridgehead atoms. The Labute approximate surface area is 416 Å². The number of hydrogen-bond acceptors (Lipinski definition) is 2. The van der Waals surface area contributed by atoms with E-state index in [2.05, 4.69) is 236 Å². The van der Waals surface area contributed by atoms with Gasteiger partial charge >= 0.3 is 0 Å². The molecule has 0 spiro atoms. The third-order valence-corrected chi connectivity index (χ3v) is 17.4. The van der Waals surface area contributed by atoms with E-state index in [4.69, 9.17) is 0 Å². The number of para-hydroxylation sites is 2. The second-order valence-corrected chi connectivity index (χ2v) is 21.2. The minimum Gasteiger partial charge on any atom is -0.310 e. The van der Waals surface area contributed by atoms with E-state index >= 15 is 0 Å². The number of anilines is 6. The first-order valence-electron chi connectivity index (χ1n) is 25.3. The van der Waals surface area contributed by atoms with E-state index in [9.17, 15) is 0 Å². The van der Waals surface area contributed by atoms with Gasteiger partial charge in [0.25, 0.3) is 0 Å². The van der Waals surface area contributed by atoms with E-state index in [0.29, 0.717) is 0 Å². The zero-order valence-corrected chi connectivity index (χ0v) is 43.4. The Morgan fingerprint density at radius 2 is 0.592 bits per heavy atom. The SMILES string of the molecule is Cc1cc(N(c2cc(C)c(C)c(C)c2)c2ccc3c4cccc5c6cc7c(cc6n(c3c2)c45)c2cccc3c4ccc(N(c5cc(C)c(C)c(C)c5)c5cc(C)c(C)c(C)c5C)cc4n7c32)cc(C)c1C. The van der Waals surface area contributed by atoms with E-state index in [1.807, 2.05) is 0 Å². The molecule has 0 aliphatic rings. The average molecular weight is 921 g/mol. The summed E-state index contributed by atoms with van der Waals surface area (Å²) >= 11 is 0. The number of rotatable bonds is 6. The lowest BCUT2D eigenvalue weighted by atomic mass is 9.95. The summed E-state index contributed by atoms with van der Waals surface area (Å²) < 4.78 is 5.14. The van der Waals surface area contributed by atoms with Crippen LogP contribution < -0.4 is 9.80 Å². The maximum Gasteiger partial charge on any atom is 0.0620 e. The van der Waals surface area contributed by atoms with Crippen molar-refractivity contribution >= 4 is 110 Å². The highest BCUT2D eigenvalue weighted by Gasteiger charge is 2.26. The maximum absolute atomic E-state index is 2.57. The zero-order valence-electron chi connectivity index (χ0n) is 43.4. The van der Waals surface area contributed by atoms with Gasteiger partial charge < -0.3 is 18.6 Å². The predicted molar refractivity (Wildman–Crippen MR) is 307 cm³/mol. The molecule has 13 aromatic rings. The van der Waals surface area contributed by atoms with Crippen LogP contribution in [0.25, 0.3) is 76.2 Å². The molecule has 0 amide bonds. The van der Waals surface area contributed by atoms with Gasteiger partial charge in [-0.25, -0.2) is 0 Å². The number of fused-ring (bicyclic) bond motifs is 12. The van der Waals surface area contributed by atoms with Crippen molar-refractivity contribution in [2.45, 2.75) is 90.0 Å². The molecule has 0 N–H and O–H groups in total. The quantitative estimate of drug-likeness (QED) is 0.165. The van der Waals surface area contributed by atoms with Crippen LogP contribution in [-0.4, -0.2) is 8.80 Å². The summed E-state index contributed by atoms with van der Waals surface area (Å²) in [5, 5.41) is 10.2. The fourth-order valence-corrected chi connectivity index (χ4v) is 12.4. The van der Waals surface area contributed by atoms with Crippen LogP contribution in [0.2, 0.25) is 0 Å². The summed E-state index contributed by atoms with van der Waals surface area (Å²) in [6.45, 7) is 29.2. The Balaban J connectivity index is 1.07. The summed E-state index contributed by atoms with van der Waals surface area (Å²) in [5.41, 5.74) is 31.7. The molecule has 0 aliphatic carbocycles. The van der Waals surface area contributed by atoms with Gasteiger partial charge in [-0.15, -0.1) is 0 Å².